The zero-order chi connectivity index (χ0) is 24.4. The van der Waals surface area contributed by atoms with E-state index in [0.29, 0.717) is 63.0 Å². The zero-order valence-electron chi connectivity index (χ0n) is 18.6. The van der Waals surface area contributed by atoms with Gasteiger partial charge in [0.05, 0.1) is 29.4 Å². The Morgan fingerprint density at radius 1 is 1.20 bits per heavy atom. The van der Waals surface area contributed by atoms with Gasteiger partial charge in [0.25, 0.3) is 0 Å². The van der Waals surface area contributed by atoms with Gasteiger partial charge in [-0.1, -0.05) is 16.5 Å². The van der Waals surface area contributed by atoms with E-state index < -0.39 is 18.0 Å². The highest BCUT2D eigenvalue weighted by atomic mass is 32.1. The van der Waals surface area contributed by atoms with Crippen molar-refractivity contribution in [2.24, 2.45) is 0 Å². The molecule has 2 saturated heterocycles. The van der Waals surface area contributed by atoms with Crippen LogP contribution in [-0.2, 0) is 11.3 Å². The average Bonchev–Trinajstić information content (AvgIpc) is 3.60. The Kier molecular flexibility index (Phi) is 6.51. The molecule has 184 valence electrons. The molecular weight excluding hydrogens is 479 g/mol. The predicted octanol–water partition coefficient (Wildman–Crippen LogP) is 3.54. The molecule has 5 rings (SSSR count). The lowest BCUT2D eigenvalue weighted by Gasteiger charge is -2.36. The normalized spacial score (nSPS) is 18.7. The third-order valence-electron chi connectivity index (χ3n) is 5.99. The Balaban J connectivity index is 1.16. The number of hydrogen-bond donors (Lipinski definition) is 1. The van der Waals surface area contributed by atoms with Crippen LogP contribution in [0.5, 0.6) is 0 Å². The number of carbonyl (C=O) groups is 1. The molecule has 4 heterocycles. The maximum Gasteiger partial charge on any atom is 0.414 e. The Bertz CT molecular complexity index is 1200. The zero-order valence-corrected chi connectivity index (χ0v) is 19.4. The van der Waals surface area contributed by atoms with Crippen LogP contribution in [0, 0.1) is 15.9 Å². The molecule has 1 amide bonds. The number of thiophene rings is 1. The van der Waals surface area contributed by atoms with Gasteiger partial charge in [0, 0.05) is 49.7 Å². The maximum absolute atomic E-state index is 15.0. The van der Waals surface area contributed by atoms with E-state index >= 15 is 4.39 Å². The smallest absolute Gasteiger partial charge is 0.414 e. The first-order valence-corrected chi connectivity index (χ1v) is 11.9. The molecule has 0 spiro atoms. The van der Waals surface area contributed by atoms with Crippen LogP contribution in [-0.4, -0.2) is 66.4 Å². The summed E-state index contributed by atoms with van der Waals surface area (Å²) in [6.45, 7) is 3.98. The number of amides is 1. The molecule has 2 aliphatic rings. The summed E-state index contributed by atoms with van der Waals surface area (Å²) in [4.78, 5) is 29.4. The first-order valence-electron chi connectivity index (χ1n) is 11.1. The fourth-order valence-corrected chi connectivity index (χ4v) is 5.06. The minimum absolute atomic E-state index is 0.139. The van der Waals surface area contributed by atoms with E-state index in [0.717, 1.165) is 4.88 Å². The molecule has 0 saturated carbocycles. The number of carbonyl (C=O) groups excluding carboxylic acids is 1. The lowest BCUT2D eigenvalue weighted by atomic mass is 10.2. The van der Waals surface area contributed by atoms with Crippen LogP contribution in [0.25, 0.3) is 0 Å². The maximum atomic E-state index is 15.0. The van der Waals surface area contributed by atoms with Crippen molar-refractivity contribution in [2.75, 3.05) is 54.4 Å². The van der Waals surface area contributed by atoms with Crippen LogP contribution in [0.4, 0.5) is 31.4 Å². The van der Waals surface area contributed by atoms with Gasteiger partial charge in [-0.25, -0.2) is 9.18 Å². The van der Waals surface area contributed by atoms with Gasteiger partial charge in [-0.2, -0.15) is 0 Å². The number of ether oxygens (including phenoxy) is 1. The van der Waals surface area contributed by atoms with Crippen molar-refractivity contribution in [3.63, 3.8) is 0 Å². The number of halogens is 1. The number of nitrogens with zero attached hydrogens (tertiary/aromatic N) is 5. The Labute approximate surface area is 203 Å². The summed E-state index contributed by atoms with van der Waals surface area (Å²) in [7, 11) is 0. The van der Waals surface area contributed by atoms with Crippen molar-refractivity contribution < 1.29 is 23.4 Å². The van der Waals surface area contributed by atoms with E-state index in [9.17, 15) is 14.9 Å². The van der Waals surface area contributed by atoms with Crippen LogP contribution < -0.4 is 15.1 Å². The number of benzene rings is 1. The Morgan fingerprint density at radius 3 is 2.71 bits per heavy atom. The van der Waals surface area contributed by atoms with Crippen LogP contribution in [0.3, 0.4) is 0 Å². The largest absolute Gasteiger partial charge is 0.442 e. The third kappa shape index (κ3) is 5.20. The van der Waals surface area contributed by atoms with Crippen LogP contribution in [0.1, 0.15) is 4.88 Å². The molecule has 2 aliphatic heterocycles. The lowest BCUT2D eigenvalue weighted by molar-refractivity contribution is -0.380. The van der Waals surface area contributed by atoms with E-state index in [4.69, 9.17) is 9.26 Å². The van der Waals surface area contributed by atoms with Crippen LogP contribution in [0.2, 0.25) is 0 Å². The molecule has 0 radical (unpaired) electrons. The summed E-state index contributed by atoms with van der Waals surface area (Å²) in [5.74, 6) is 0.147. The highest BCUT2D eigenvalue weighted by Crippen LogP contribution is 2.30. The fraction of sp³-hybridized carbons (Fsp3) is 0.364. The van der Waals surface area contributed by atoms with Gasteiger partial charge in [0.2, 0.25) is 0 Å². The number of anilines is 3. The first-order chi connectivity index (χ1) is 17.0. The fourth-order valence-electron chi connectivity index (χ4n) is 4.20. The lowest BCUT2D eigenvalue weighted by Crippen LogP contribution is -2.46. The van der Waals surface area contributed by atoms with Gasteiger partial charge >= 0.3 is 11.1 Å². The molecule has 11 nitrogen and oxygen atoms in total. The van der Waals surface area contributed by atoms with Gasteiger partial charge < -0.3 is 19.5 Å². The molecule has 2 aromatic heterocycles. The average molecular weight is 503 g/mol. The topological polar surface area (TPSA) is 117 Å². The van der Waals surface area contributed by atoms with Crippen LogP contribution in [0.15, 0.2) is 47.2 Å². The van der Waals surface area contributed by atoms with Crippen molar-refractivity contribution in [2.45, 2.75) is 12.6 Å². The summed E-state index contributed by atoms with van der Waals surface area (Å²) in [6, 6.07) is 9.75. The highest BCUT2D eigenvalue weighted by Gasteiger charge is 2.33. The van der Waals surface area contributed by atoms with E-state index in [1.165, 1.54) is 34.6 Å². The molecular formula is C22H23FN6O5S. The summed E-state index contributed by atoms with van der Waals surface area (Å²) in [5.41, 5.74) is 0.926. The van der Waals surface area contributed by atoms with Crippen molar-refractivity contribution in [1.82, 2.24) is 10.1 Å². The predicted molar refractivity (Wildman–Crippen MR) is 127 cm³/mol. The monoisotopic (exact) mass is 502 g/mol. The quantitative estimate of drug-likeness (QED) is 0.364. The minimum Gasteiger partial charge on any atom is -0.442 e. The van der Waals surface area contributed by atoms with Gasteiger partial charge in [-0.3, -0.25) is 19.9 Å². The van der Waals surface area contributed by atoms with Gasteiger partial charge in [-0.05, 0) is 24.3 Å². The molecule has 3 aromatic rings. The highest BCUT2D eigenvalue weighted by molar-refractivity contribution is 7.15. The minimum atomic E-state index is -0.522. The van der Waals surface area contributed by atoms with Gasteiger partial charge in [-0.15, -0.1) is 0 Å². The first kappa shape index (κ1) is 23.1. The molecule has 1 unspecified atom stereocenters. The third-order valence-corrected chi connectivity index (χ3v) is 7.01. The van der Waals surface area contributed by atoms with Crippen molar-refractivity contribution in [1.29, 1.82) is 0 Å². The molecule has 1 atom stereocenters. The van der Waals surface area contributed by atoms with E-state index in [-0.39, 0.29) is 9.92 Å². The molecule has 35 heavy (non-hydrogen) atoms. The second-order valence-electron chi connectivity index (χ2n) is 8.28. The number of hydrogen-bond acceptors (Lipinski definition) is 10. The number of rotatable bonds is 8. The number of cyclic esters (lactones) is 1. The van der Waals surface area contributed by atoms with Crippen molar-refractivity contribution in [3.05, 3.63) is 63.5 Å². The number of piperazine rings is 1. The SMILES string of the molecule is O=C1OC(CNc2ccon2)CN1c1ccc(N2CCN(Cc3ccc([N+](=O)[O-])s3)CC2)c(F)c1. The van der Waals surface area contributed by atoms with Crippen LogP contribution >= 0.6 is 11.3 Å². The van der Waals surface area contributed by atoms with Gasteiger partial charge in [0.15, 0.2) is 5.82 Å². The Morgan fingerprint density at radius 2 is 2.03 bits per heavy atom. The Hall–Kier alpha value is -3.71. The molecule has 13 heteroatoms. The number of nitro groups is 1. The summed E-state index contributed by atoms with van der Waals surface area (Å²) >= 11 is 1.18. The number of aromatic nitrogens is 1. The van der Waals surface area contributed by atoms with Crippen molar-refractivity contribution >= 4 is 39.6 Å². The van der Waals surface area contributed by atoms with Crippen molar-refractivity contribution in [3.8, 4) is 0 Å². The van der Waals surface area contributed by atoms with E-state index in [1.54, 1.807) is 24.3 Å². The van der Waals surface area contributed by atoms with E-state index in [2.05, 4.69) is 15.4 Å². The number of nitrogens with one attached hydrogen (secondary N) is 1. The molecule has 0 bridgehead atoms. The van der Waals surface area contributed by atoms with E-state index in [1.807, 2.05) is 4.90 Å². The standard InChI is InChI=1S/C22H23FN6O5S/c23-18-11-15(28-13-16(34-22(28)30)12-24-20-5-10-33-25-20)1-3-19(18)27-8-6-26(7-9-27)14-17-2-4-21(35-17)29(31)32/h1-5,10-11,16H,6-9,12-14H2,(H,24,25). The summed E-state index contributed by atoms with van der Waals surface area (Å²) in [5, 5.41) is 17.8. The molecule has 1 N–H and O–H groups in total. The second kappa shape index (κ2) is 9.88. The van der Waals surface area contributed by atoms with Gasteiger partial charge in [0.1, 0.15) is 18.2 Å². The molecule has 1 aromatic carbocycles. The summed E-state index contributed by atoms with van der Waals surface area (Å²) in [6.07, 6.45) is 0.517. The summed E-state index contributed by atoms with van der Waals surface area (Å²) < 4.78 is 25.2. The molecule has 2 fully saturated rings. The second-order valence-corrected chi connectivity index (χ2v) is 9.42. The molecule has 0 aliphatic carbocycles.